The summed E-state index contributed by atoms with van der Waals surface area (Å²) in [6.07, 6.45) is 0. The van der Waals surface area contributed by atoms with Crippen LogP contribution in [0, 0.1) is 0 Å². The molecule has 0 saturated heterocycles. The standard InChI is InChI=1S/C25H20ClN5O2S/c1-16(22(32)27-19-13-11-18(26)12-14-19)34-25-29-28-24-30(15-17-7-3-2-4-8-17)23(33)20-9-5-6-10-21(20)31(24)25/h2-14,16H,15H2,1H3,(H,27,32). The van der Waals surface area contributed by atoms with Gasteiger partial charge < -0.3 is 5.32 Å². The summed E-state index contributed by atoms with van der Waals surface area (Å²) in [5, 5.41) is 12.8. The Labute approximate surface area is 204 Å². The third-order valence-electron chi connectivity index (χ3n) is 5.42. The Hall–Kier alpha value is -3.62. The summed E-state index contributed by atoms with van der Waals surface area (Å²) in [6, 6.07) is 24.0. The zero-order chi connectivity index (χ0) is 23.7. The van der Waals surface area contributed by atoms with E-state index >= 15 is 0 Å². The van der Waals surface area contributed by atoms with Crippen LogP contribution in [-0.2, 0) is 11.3 Å². The Morgan fingerprint density at radius 2 is 1.71 bits per heavy atom. The van der Waals surface area contributed by atoms with E-state index in [2.05, 4.69) is 15.5 Å². The summed E-state index contributed by atoms with van der Waals surface area (Å²) >= 11 is 7.21. The second-order valence-electron chi connectivity index (χ2n) is 7.77. The third kappa shape index (κ3) is 4.30. The molecule has 0 spiro atoms. The quantitative estimate of drug-likeness (QED) is 0.344. The molecule has 0 aliphatic rings. The molecule has 3 aromatic carbocycles. The molecule has 2 aromatic heterocycles. The number of carbonyl (C=O) groups excluding carboxylic acids is 1. The molecule has 1 N–H and O–H groups in total. The Bertz CT molecular complexity index is 1550. The molecule has 7 nitrogen and oxygen atoms in total. The molecule has 0 saturated carbocycles. The summed E-state index contributed by atoms with van der Waals surface area (Å²) in [4.78, 5) is 26.1. The molecule has 9 heteroatoms. The van der Waals surface area contributed by atoms with E-state index in [0.717, 1.165) is 5.56 Å². The number of nitrogens with zero attached hydrogens (tertiary/aromatic N) is 4. The number of rotatable bonds is 6. The summed E-state index contributed by atoms with van der Waals surface area (Å²) in [6.45, 7) is 2.17. The van der Waals surface area contributed by atoms with E-state index < -0.39 is 5.25 Å². The minimum Gasteiger partial charge on any atom is -0.325 e. The minimum absolute atomic E-state index is 0.135. The van der Waals surface area contributed by atoms with Gasteiger partial charge in [0, 0.05) is 10.7 Å². The number of carbonyl (C=O) groups is 1. The topological polar surface area (TPSA) is 81.3 Å². The molecule has 1 amide bonds. The highest BCUT2D eigenvalue weighted by Crippen LogP contribution is 2.26. The lowest BCUT2D eigenvalue weighted by Gasteiger charge is -2.13. The molecule has 0 aliphatic heterocycles. The maximum absolute atomic E-state index is 13.3. The summed E-state index contributed by atoms with van der Waals surface area (Å²) < 4.78 is 3.46. The monoisotopic (exact) mass is 489 g/mol. The molecule has 34 heavy (non-hydrogen) atoms. The zero-order valence-corrected chi connectivity index (χ0v) is 19.8. The SMILES string of the molecule is CC(Sc1nnc2n(Cc3ccccc3)c(=O)c3ccccc3n12)C(=O)Nc1ccc(Cl)cc1. The van der Waals surface area contributed by atoms with Crippen LogP contribution < -0.4 is 10.9 Å². The van der Waals surface area contributed by atoms with Crippen LogP contribution in [0.3, 0.4) is 0 Å². The number of hydrogen-bond donors (Lipinski definition) is 1. The summed E-state index contributed by atoms with van der Waals surface area (Å²) in [5.41, 5.74) is 2.21. The number of fused-ring (bicyclic) bond motifs is 3. The van der Waals surface area contributed by atoms with Crippen LogP contribution in [0.15, 0.2) is 88.8 Å². The molecular weight excluding hydrogens is 470 g/mol. The lowest BCUT2D eigenvalue weighted by molar-refractivity contribution is -0.115. The van der Waals surface area contributed by atoms with Crippen LogP contribution in [0.5, 0.6) is 0 Å². The van der Waals surface area contributed by atoms with Crippen LogP contribution in [-0.4, -0.2) is 30.3 Å². The van der Waals surface area contributed by atoms with Crippen LogP contribution in [0.2, 0.25) is 5.02 Å². The van der Waals surface area contributed by atoms with Crippen molar-refractivity contribution in [2.75, 3.05) is 5.32 Å². The molecule has 2 heterocycles. The van der Waals surface area contributed by atoms with Crippen molar-refractivity contribution in [2.24, 2.45) is 0 Å². The fraction of sp³-hybridized carbons (Fsp3) is 0.120. The maximum atomic E-state index is 13.3. The van der Waals surface area contributed by atoms with E-state index in [1.165, 1.54) is 11.8 Å². The van der Waals surface area contributed by atoms with Crippen LogP contribution in [0.4, 0.5) is 5.69 Å². The number of hydrogen-bond acceptors (Lipinski definition) is 5. The predicted molar refractivity (Wildman–Crippen MR) is 136 cm³/mol. The van der Waals surface area contributed by atoms with Crippen molar-refractivity contribution in [3.8, 4) is 0 Å². The molecule has 0 fully saturated rings. The van der Waals surface area contributed by atoms with Gasteiger partial charge in [-0.2, -0.15) is 0 Å². The first-order chi connectivity index (χ1) is 16.5. The minimum atomic E-state index is -0.462. The van der Waals surface area contributed by atoms with E-state index in [1.54, 1.807) is 41.8 Å². The Morgan fingerprint density at radius 1 is 1.00 bits per heavy atom. The fourth-order valence-corrected chi connectivity index (χ4v) is 4.69. The lowest BCUT2D eigenvalue weighted by Crippen LogP contribution is -2.24. The first-order valence-electron chi connectivity index (χ1n) is 10.6. The van der Waals surface area contributed by atoms with Gasteiger partial charge >= 0.3 is 0 Å². The molecule has 1 unspecified atom stereocenters. The average molecular weight is 490 g/mol. The number of aromatic nitrogens is 4. The summed E-state index contributed by atoms with van der Waals surface area (Å²) in [7, 11) is 0. The molecule has 5 rings (SSSR count). The molecular formula is C25H20ClN5O2S. The zero-order valence-electron chi connectivity index (χ0n) is 18.2. The van der Waals surface area contributed by atoms with Gasteiger partial charge in [0.05, 0.1) is 22.7 Å². The smallest absolute Gasteiger partial charge is 0.263 e. The van der Waals surface area contributed by atoms with E-state index in [-0.39, 0.29) is 11.5 Å². The lowest BCUT2D eigenvalue weighted by atomic mass is 10.2. The molecule has 0 radical (unpaired) electrons. The predicted octanol–water partition coefficient (Wildman–Crippen LogP) is 4.87. The third-order valence-corrected chi connectivity index (χ3v) is 6.72. The molecule has 5 aromatic rings. The normalized spacial score (nSPS) is 12.2. The number of benzene rings is 3. The second-order valence-corrected chi connectivity index (χ2v) is 9.51. The number of amides is 1. The second kappa shape index (κ2) is 9.32. The van der Waals surface area contributed by atoms with Gasteiger partial charge in [-0.05, 0) is 48.9 Å². The molecule has 0 aliphatic carbocycles. The average Bonchev–Trinajstić information content (AvgIpc) is 3.27. The van der Waals surface area contributed by atoms with Crippen molar-refractivity contribution < 1.29 is 4.79 Å². The van der Waals surface area contributed by atoms with Gasteiger partial charge in [0.2, 0.25) is 11.7 Å². The van der Waals surface area contributed by atoms with Gasteiger partial charge in [0.15, 0.2) is 5.16 Å². The van der Waals surface area contributed by atoms with Crippen LogP contribution in [0.1, 0.15) is 12.5 Å². The Kier molecular flexibility index (Phi) is 6.08. The molecule has 170 valence electrons. The van der Waals surface area contributed by atoms with Crippen molar-refractivity contribution in [2.45, 2.75) is 23.9 Å². The summed E-state index contributed by atoms with van der Waals surface area (Å²) in [5.74, 6) is 0.256. The van der Waals surface area contributed by atoms with Gasteiger partial charge in [-0.1, -0.05) is 65.8 Å². The van der Waals surface area contributed by atoms with E-state index in [1.807, 2.05) is 52.9 Å². The first kappa shape index (κ1) is 22.2. The Balaban J connectivity index is 1.53. The van der Waals surface area contributed by atoms with Gasteiger partial charge in [-0.3, -0.25) is 18.6 Å². The van der Waals surface area contributed by atoms with Crippen molar-refractivity contribution in [1.29, 1.82) is 0 Å². The molecule has 1 atom stereocenters. The molecule has 0 bridgehead atoms. The number of anilines is 1. The fourth-order valence-electron chi connectivity index (χ4n) is 3.71. The highest BCUT2D eigenvalue weighted by molar-refractivity contribution is 8.00. The largest absolute Gasteiger partial charge is 0.325 e. The van der Waals surface area contributed by atoms with Gasteiger partial charge in [-0.25, -0.2) is 0 Å². The number of nitrogens with one attached hydrogen (secondary N) is 1. The van der Waals surface area contributed by atoms with Crippen LogP contribution in [0.25, 0.3) is 16.7 Å². The van der Waals surface area contributed by atoms with Crippen molar-refractivity contribution in [3.63, 3.8) is 0 Å². The number of halogens is 1. The van der Waals surface area contributed by atoms with E-state index in [9.17, 15) is 9.59 Å². The van der Waals surface area contributed by atoms with Crippen molar-refractivity contribution in [1.82, 2.24) is 19.2 Å². The van der Waals surface area contributed by atoms with Gasteiger partial charge in [0.1, 0.15) is 0 Å². The maximum Gasteiger partial charge on any atom is 0.263 e. The Morgan fingerprint density at radius 3 is 2.47 bits per heavy atom. The highest BCUT2D eigenvalue weighted by Gasteiger charge is 2.22. The highest BCUT2D eigenvalue weighted by atomic mass is 35.5. The van der Waals surface area contributed by atoms with E-state index in [4.69, 9.17) is 11.6 Å². The van der Waals surface area contributed by atoms with Crippen molar-refractivity contribution in [3.05, 3.63) is 99.8 Å². The van der Waals surface area contributed by atoms with Gasteiger partial charge in [0.25, 0.3) is 5.56 Å². The number of thioether (sulfide) groups is 1. The van der Waals surface area contributed by atoms with Gasteiger partial charge in [-0.15, -0.1) is 10.2 Å². The van der Waals surface area contributed by atoms with E-state index in [0.29, 0.717) is 39.1 Å². The van der Waals surface area contributed by atoms with Crippen molar-refractivity contribution >= 4 is 51.6 Å². The number of para-hydroxylation sites is 1. The first-order valence-corrected chi connectivity index (χ1v) is 11.9. The van der Waals surface area contributed by atoms with Crippen LogP contribution >= 0.6 is 23.4 Å².